The number of nitrogens with two attached hydrogens (primary N) is 1. The molecule has 0 radical (unpaired) electrons. The topological polar surface area (TPSA) is 159 Å². The number of hydrogen-bond donors (Lipinski definition) is 1. The largest absolute Gasteiger partial charge is 0.459 e. The van der Waals surface area contributed by atoms with Gasteiger partial charge < -0.3 is 38.6 Å². The van der Waals surface area contributed by atoms with Crippen molar-refractivity contribution in [1.82, 2.24) is 0 Å². The number of carbonyl (C=O) groups is 4. The summed E-state index contributed by atoms with van der Waals surface area (Å²) in [5.74, 6) is -2.12. The molecule has 3 aromatic rings. The van der Waals surface area contributed by atoms with Gasteiger partial charge in [0.25, 0.3) is 8.32 Å². The minimum Gasteiger partial charge on any atom is -0.459 e. The molecule has 0 aliphatic carbocycles. The Balaban J connectivity index is 0.000000306. The van der Waals surface area contributed by atoms with Gasteiger partial charge in [0.2, 0.25) is 12.4 Å². The van der Waals surface area contributed by atoms with Gasteiger partial charge in [-0.2, -0.15) is 0 Å². The lowest BCUT2D eigenvalue weighted by Crippen LogP contribution is -2.67. The monoisotopic (exact) mass is 749 g/mol. The molecule has 12 nitrogen and oxygen atoms in total. The molecule has 2 aliphatic heterocycles. The molecule has 2 unspecified atom stereocenters. The second-order valence-electron chi connectivity index (χ2n) is 13.9. The minimum absolute atomic E-state index is 0.00351. The third-order valence-corrected chi connectivity index (χ3v) is 13.9. The van der Waals surface area contributed by atoms with Gasteiger partial charge in [0.05, 0.1) is 24.4 Å². The van der Waals surface area contributed by atoms with E-state index < -0.39 is 50.8 Å². The fraction of sp³-hybridized carbons (Fsp3) is 0.450. The van der Waals surface area contributed by atoms with E-state index in [9.17, 15) is 19.2 Å². The Morgan fingerprint density at radius 3 is 1.64 bits per heavy atom. The Labute approximate surface area is 312 Å². The maximum Gasteiger partial charge on any atom is 0.338 e. The van der Waals surface area contributed by atoms with Crippen molar-refractivity contribution < 1.29 is 52.0 Å². The summed E-state index contributed by atoms with van der Waals surface area (Å²) in [6, 6.07) is 29.1. The van der Waals surface area contributed by atoms with Crippen LogP contribution in [0.2, 0.25) is 5.04 Å². The predicted octanol–water partition coefficient (Wildman–Crippen LogP) is 4.06. The maximum atomic E-state index is 12.0. The molecule has 2 N–H and O–H groups in total. The summed E-state index contributed by atoms with van der Waals surface area (Å²) >= 11 is 0. The van der Waals surface area contributed by atoms with Crippen molar-refractivity contribution in [2.24, 2.45) is 5.73 Å². The lowest BCUT2D eigenvalue weighted by Gasteiger charge is -2.43. The Hall–Kier alpha value is -4.40. The van der Waals surface area contributed by atoms with Gasteiger partial charge in [0, 0.05) is 27.3 Å². The molecule has 0 amide bonds. The molecule has 13 heteroatoms. The van der Waals surface area contributed by atoms with Crippen LogP contribution in [0.5, 0.6) is 0 Å². The van der Waals surface area contributed by atoms with E-state index in [-0.39, 0.29) is 29.8 Å². The van der Waals surface area contributed by atoms with Crippen molar-refractivity contribution in [1.29, 1.82) is 0 Å². The number of benzene rings is 3. The average Bonchev–Trinajstić information content (AvgIpc) is 3.72. The van der Waals surface area contributed by atoms with E-state index in [4.69, 9.17) is 38.6 Å². The van der Waals surface area contributed by atoms with Crippen LogP contribution in [0.25, 0.3) is 0 Å². The highest BCUT2D eigenvalue weighted by molar-refractivity contribution is 6.99. The van der Waals surface area contributed by atoms with Crippen molar-refractivity contribution in [2.75, 3.05) is 19.8 Å². The molecule has 286 valence electrons. The van der Waals surface area contributed by atoms with E-state index in [0.717, 1.165) is 23.2 Å². The van der Waals surface area contributed by atoms with Crippen LogP contribution in [0.1, 0.15) is 64.7 Å². The summed E-state index contributed by atoms with van der Waals surface area (Å²) in [6.07, 6.45) is -2.25. The van der Waals surface area contributed by atoms with E-state index in [0.29, 0.717) is 18.7 Å². The van der Waals surface area contributed by atoms with Crippen molar-refractivity contribution >= 4 is 42.6 Å². The molecule has 53 heavy (non-hydrogen) atoms. The smallest absolute Gasteiger partial charge is 0.338 e. The van der Waals surface area contributed by atoms with E-state index in [1.807, 2.05) is 54.6 Å². The standard InChI is InChI=1S/C27H34O8Si.C13H17NO3/c1-18(28)32-24-23(35-26(34-20(3)30)25(24)33-19(2)29)17-31-36(27(4,5)6,21-13-9-7-10-14-21)22-15-11-8-12-16-22;14-8-11-6-7-12(17-11)9-16-13(15)10-4-2-1-3-5-10/h7-16,23-26H,17H2,1-6H3;1-5,11-12H,6-9,14H2/t23-,24?,25?,26+;11-,12+/m10/s1. The maximum absolute atomic E-state index is 12.0. The minimum atomic E-state index is -2.93. The quantitative estimate of drug-likeness (QED) is 0.161. The van der Waals surface area contributed by atoms with Crippen LogP contribution in [0.3, 0.4) is 0 Å². The first-order chi connectivity index (χ1) is 25.2. The molecule has 2 fully saturated rings. The van der Waals surface area contributed by atoms with Gasteiger partial charge in [-0.1, -0.05) is 99.6 Å². The zero-order valence-corrected chi connectivity index (χ0v) is 32.2. The molecule has 0 bridgehead atoms. The first-order valence-electron chi connectivity index (χ1n) is 17.7. The van der Waals surface area contributed by atoms with Crippen LogP contribution in [0.15, 0.2) is 91.0 Å². The Morgan fingerprint density at radius 1 is 0.679 bits per heavy atom. The first-order valence-corrected chi connectivity index (χ1v) is 19.7. The fourth-order valence-corrected chi connectivity index (χ4v) is 11.2. The molecule has 6 atom stereocenters. The Morgan fingerprint density at radius 2 is 1.17 bits per heavy atom. The van der Waals surface area contributed by atoms with Crippen molar-refractivity contribution in [3.05, 3.63) is 96.6 Å². The van der Waals surface area contributed by atoms with Gasteiger partial charge in [-0.05, 0) is 40.4 Å². The normalized spacial score (nSPS) is 22.5. The van der Waals surface area contributed by atoms with E-state index >= 15 is 0 Å². The summed E-state index contributed by atoms with van der Waals surface area (Å²) in [7, 11) is -2.93. The molecule has 2 heterocycles. The van der Waals surface area contributed by atoms with Crippen LogP contribution in [0, 0.1) is 0 Å². The summed E-state index contributed by atoms with van der Waals surface area (Å²) in [5, 5.41) is 1.84. The van der Waals surface area contributed by atoms with Crippen LogP contribution in [0.4, 0.5) is 0 Å². The van der Waals surface area contributed by atoms with Gasteiger partial charge in [0.1, 0.15) is 12.7 Å². The van der Waals surface area contributed by atoms with Crippen LogP contribution in [-0.4, -0.2) is 88.8 Å². The number of rotatable bonds is 12. The summed E-state index contributed by atoms with van der Waals surface area (Å²) in [4.78, 5) is 47.1. The molecule has 0 spiro atoms. The predicted molar refractivity (Wildman–Crippen MR) is 199 cm³/mol. The third kappa shape index (κ3) is 11.1. The highest BCUT2D eigenvalue weighted by Gasteiger charge is 2.55. The zero-order valence-electron chi connectivity index (χ0n) is 31.2. The number of carbonyl (C=O) groups excluding carboxylic acids is 4. The lowest BCUT2D eigenvalue weighted by molar-refractivity contribution is -0.196. The van der Waals surface area contributed by atoms with Gasteiger partial charge in [-0.3, -0.25) is 14.4 Å². The number of hydrogen-bond acceptors (Lipinski definition) is 12. The van der Waals surface area contributed by atoms with Gasteiger partial charge >= 0.3 is 23.9 Å². The molecule has 3 aromatic carbocycles. The highest BCUT2D eigenvalue weighted by Crippen LogP contribution is 2.38. The van der Waals surface area contributed by atoms with Gasteiger partial charge in [0.15, 0.2) is 6.10 Å². The first kappa shape index (κ1) is 41.4. The lowest BCUT2D eigenvalue weighted by atomic mass is 10.1. The number of ether oxygens (including phenoxy) is 6. The van der Waals surface area contributed by atoms with Crippen LogP contribution in [-0.2, 0) is 47.2 Å². The summed E-state index contributed by atoms with van der Waals surface area (Å²) in [5.41, 5.74) is 6.08. The second kappa shape index (κ2) is 19.1. The molecule has 5 rings (SSSR count). The second-order valence-corrected chi connectivity index (χ2v) is 18.2. The highest BCUT2D eigenvalue weighted by atomic mass is 28.4. The molecule has 2 aliphatic rings. The molecule has 2 saturated heterocycles. The van der Waals surface area contributed by atoms with E-state index in [2.05, 4.69) is 45.0 Å². The van der Waals surface area contributed by atoms with Crippen LogP contribution >= 0.6 is 0 Å². The van der Waals surface area contributed by atoms with Crippen molar-refractivity contribution in [3.63, 3.8) is 0 Å². The summed E-state index contributed by atoms with van der Waals surface area (Å²) in [6.45, 7) is 11.0. The summed E-state index contributed by atoms with van der Waals surface area (Å²) < 4.78 is 39.8. The average molecular weight is 750 g/mol. The van der Waals surface area contributed by atoms with E-state index in [1.165, 1.54) is 20.8 Å². The van der Waals surface area contributed by atoms with Crippen LogP contribution < -0.4 is 16.1 Å². The molecule has 0 saturated carbocycles. The molecule has 0 aromatic heterocycles. The van der Waals surface area contributed by atoms with E-state index in [1.54, 1.807) is 12.1 Å². The molecular weight excluding hydrogens is 699 g/mol. The fourth-order valence-electron chi connectivity index (χ4n) is 6.61. The Bertz CT molecular complexity index is 1600. The van der Waals surface area contributed by atoms with Crippen molar-refractivity contribution in [3.8, 4) is 0 Å². The molecular formula is C40H51NO11Si. The Kier molecular flexibility index (Phi) is 14.9. The number of esters is 4. The third-order valence-electron chi connectivity index (χ3n) is 8.90. The van der Waals surface area contributed by atoms with Gasteiger partial charge in [-0.15, -0.1) is 0 Å². The van der Waals surface area contributed by atoms with Gasteiger partial charge in [-0.25, -0.2) is 4.79 Å². The SMILES string of the molecule is CC(=O)OC1C(OC(C)=O)[C@@H](CO[Si](c2ccccc2)(c2ccccc2)C(C)(C)C)O[C@@H]1OC(C)=O.NC[C@@H]1CC[C@H](COC(=O)c2ccccc2)O1. The van der Waals surface area contributed by atoms with Crippen molar-refractivity contribution in [2.45, 2.75) is 96.2 Å². The zero-order chi connectivity index (χ0) is 38.6.